The Hall–Kier alpha value is -1.60. The van der Waals surface area contributed by atoms with Gasteiger partial charge in [-0.2, -0.15) is 0 Å². The smallest absolute Gasteiger partial charge is 0.317 e. The van der Waals surface area contributed by atoms with Gasteiger partial charge in [-0.1, -0.05) is 35.3 Å². The Morgan fingerprint density at radius 1 is 1.27 bits per heavy atom. The maximum absolute atomic E-state index is 12.8. The van der Waals surface area contributed by atoms with Crippen LogP contribution in [0.4, 0.5) is 4.79 Å². The van der Waals surface area contributed by atoms with Crippen molar-refractivity contribution in [2.75, 3.05) is 27.2 Å². The molecular weight excluding hydrogens is 445 g/mol. The van der Waals surface area contributed by atoms with Crippen molar-refractivity contribution < 1.29 is 4.79 Å². The minimum absolute atomic E-state index is 0.117. The van der Waals surface area contributed by atoms with E-state index in [2.05, 4.69) is 27.2 Å². The first-order chi connectivity index (χ1) is 14.3. The van der Waals surface area contributed by atoms with Crippen LogP contribution in [-0.2, 0) is 5.88 Å². The van der Waals surface area contributed by atoms with Gasteiger partial charge in [0.2, 0.25) is 0 Å². The molecule has 1 unspecified atom stereocenters. The second kappa shape index (κ2) is 10.1. The summed E-state index contributed by atoms with van der Waals surface area (Å²) < 4.78 is 0. The first-order valence-electron chi connectivity index (χ1n) is 9.88. The van der Waals surface area contributed by atoms with Crippen LogP contribution in [0, 0.1) is 0 Å². The molecule has 1 aromatic heterocycles. The van der Waals surface area contributed by atoms with Crippen molar-refractivity contribution in [1.82, 2.24) is 25.1 Å². The zero-order valence-electron chi connectivity index (χ0n) is 17.3. The Labute approximate surface area is 192 Å². The number of hydrogen-bond donors (Lipinski definition) is 1. The lowest BCUT2D eigenvalue weighted by Crippen LogP contribution is -2.48. The van der Waals surface area contributed by atoms with E-state index in [0.717, 1.165) is 31.5 Å². The summed E-state index contributed by atoms with van der Waals surface area (Å²) in [5, 5.41) is 3.80. The van der Waals surface area contributed by atoms with Gasteiger partial charge in [-0.25, -0.2) is 9.78 Å². The number of likely N-dealkylation sites (tertiary alicyclic amines) is 1. The van der Waals surface area contributed by atoms with E-state index in [-0.39, 0.29) is 24.0 Å². The predicted octanol–water partition coefficient (Wildman–Crippen LogP) is 4.99. The number of carbonyl (C=O) groups excluding carboxylic acids is 1. The highest BCUT2D eigenvalue weighted by Crippen LogP contribution is 2.37. The van der Waals surface area contributed by atoms with Gasteiger partial charge in [-0.3, -0.25) is 4.98 Å². The van der Waals surface area contributed by atoms with Crippen LogP contribution in [-0.4, -0.2) is 59.0 Å². The van der Waals surface area contributed by atoms with Gasteiger partial charge in [0.15, 0.2) is 0 Å². The van der Waals surface area contributed by atoms with Crippen molar-refractivity contribution in [2.24, 2.45) is 0 Å². The predicted molar refractivity (Wildman–Crippen MR) is 122 cm³/mol. The van der Waals surface area contributed by atoms with Gasteiger partial charge >= 0.3 is 6.03 Å². The van der Waals surface area contributed by atoms with Crippen LogP contribution in [0.15, 0.2) is 24.5 Å². The first-order valence-corrected chi connectivity index (χ1v) is 11.2. The molecule has 2 amide bonds. The summed E-state index contributed by atoms with van der Waals surface area (Å²) in [7, 11) is 3.95. The van der Waals surface area contributed by atoms with Gasteiger partial charge in [-0.05, 0) is 45.5 Å². The van der Waals surface area contributed by atoms with Crippen molar-refractivity contribution in [3.63, 3.8) is 0 Å². The normalized spacial score (nSPS) is 16.3. The molecule has 1 aliphatic rings. The van der Waals surface area contributed by atoms with Gasteiger partial charge in [0.25, 0.3) is 0 Å². The molecule has 0 bridgehead atoms. The maximum atomic E-state index is 12.8. The molecule has 3 rings (SSSR count). The standard InChI is InChI=1S/C21H26Cl3N5O/c1-13(26-21(30)29(3)15-6-8-28(2)9-7-15)16-4-5-17(20(24)19(16)23)18-12-25-11-14(10-22)27-18/h4-5,11-13,15H,6-10H2,1-3H3,(H,26,30). The molecule has 162 valence electrons. The van der Waals surface area contributed by atoms with Crippen LogP contribution < -0.4 is 5.32 Å². The zero-order valence-corrected chi connectivity index (χ0v) is 19.6. The Morgan fingerprint density at radius 2 is 1.97 bits per heavy atom. The number of hydrogen-bond acceptors (Lipinski definition) is 4. The molecule has 30 heavy (non-hydrogen) atoms. The molecule has 0 saturated carbocycles. The fraction of sp³-hybridized carbons (Fsp3) is 0.476. The highest BCUT2D eigenvalue weighted by Gasteiger charge is 2.26. The largest absolute Gasteiger partial charge is 0.331 e. The lowest BCUT2D eigenvalue weighted by Gasteiger charge is -2.35. The Kier molecular flexibility index (Phi) is 7.80. The summed E-state index contributed by atoms with van der Waals surface area (Å²) in [4.78, 5) is 25.4. The van der Waals surface area contributed by atoms with Crippen LogP contribution in [0.2, 0.25) is 10.0 Å². The van der Waals surface area contributed by atoms with Crippen molar-refractivity contribution in [2.45, 2.75) is 37.7 Å². The Bertz CT molecular complexity index is 902. The van der Waals surface area contributed by atoms with Gasteiger partial charge in [0.1, 0.15) is 0 Å². The van der Waals surface area contributed by atoms with Gasteiger partial charge < -0.3 is 15.1 Å². The summed E-state index contributed by atoms with van der Waals surface area (Å²) in [6.07, 6.45) is 5.17. The average molecular weight is 471 g/mol. The maximum Gasteiger partial charge on any atom is 0.317 e. The quantitative estimate of drug-likeness (QED) is 0.626. The van der Waals surface area contributed by atoms with Crippen molar-refractivity contribution in [3.05, 3.63) is 45.8 Å². The van der Waals surface area contributed by atoms with Crippen LogP contribution in [0.5, 0.6) is 0 Å². The summed E-state index contributed by atoms with van der Waals surface area (Å²) in [6.45, 7) is 3.88. The second-order valence-corrected chi connectivity index (χ2v) is 8.70. The van der Waals surface area contributed by atoms with Crippen molar-refractivity contribution in [3.8, 4) is 11.3 Å². The molecule has 1 aromatic carbocycles. The minimum Gasteiger partial charge on any atom is -0.331 e. The van der Waals surface area contributed by atoms with Crippen molar-refractivity contribution in [1.29, 1.82) is 0 Å². The van der Waals surface area contributed by atoms with Gasteiger partial charge in [0.05, 0.1) is 39.6 Å². The van der Waals surface area contributed by atoms with Crippen LogP contribution in [0.1, 0.15) is 37.1 Å². The number of carbonyl (C=O) groups is 1. The van der Waals surface area contributed by atoms with E-state index in [0.29, 0.717) is 27.0 Å². The molecule has 2 aromatic rings. The lowest BCUT2D eigenvalue weighted by atomic mass is 10.0. The minimum atomic E-state index is -0.300. The van der Waals surface area contributed by atoms with Crippen LogP contribution >= 0.6 is 34.8 Å². The molecule has 1 N–H and O–H groups in total. The van der Waals surface area contributed by atoms with E-state index in [1.807, 2.05) is 26.1 Å². The number of urea groups is 1. The third-order valence-corrected chi connectivity index (χ3v) is 6.74. The molecule has 0 radical (unpaired) electrons. The number of aromatic nitrogens is 2. The number of amides is 2. The number of piperidine rings is 1. The number of halogens is 3. The zero-order chi connectivity index (χ0) is 21.8. The fourth-order valence-corrected chi connectivity index (χ4v) is 4.34. The SMILES string of the molecule is CC(NC(=O)N(C)C1CCN(C)CC1)c1ccc(-c2cncc(CCl)n2)c(Cl)c1Cl. The van der Waals surface area contributed by atoms with Crippen LogP contribution in [0.25, 0.3) is 11.3 Å². The summed E-state index contributed by atoms with van der Waals surface area (Å²) in [5.74, 6) is 0.262. The number of nitrogens with one attached hydrogen (secondary N) is 1. The molecule has 6 nitrogen and oxygen atoms in total. The molecular formula is C21H26Cl3N5O. The molecule has 0 aliphatic carbocycles. The topological polar surface area (TPSA) is 61.4 Å². The number of rotatable bonds is 5. The third-order valence-electron chi connectivity index (χ3n) is 5.57. The molecule has 0 spiro atoms. The summed E-state index contributed by atoms with van der Waals surface area (Å²) >= 11 is 19.0. The van der Waals surface area contributed by atoms with E-state index < -0.39 is 0 Å². The summed E-state index contributed by atoms with van der Waals surface area (Å²) in [6, 6.07) is 3.52. The van der Waals surface area contributed by atoms with E-state index in [9.17, 15) is 4.79 Å². The molecule has 1 aliphatic heterocycles. The van der Waals surface area contributed by atoms with E-state index in [1.54, 1.807) is 17.3 Å². The molecule has 2 heterocycles. The number of benzene rings is 1. The number of nitrogens with zero attached hydrogens (tertiary/aromatic N) is 4. The van der Waals surface area contributed by atoms with Gasteiger partial charge in [-0.15, -0.1) is 11.6 Å². The molecule has 1 saturated heterocycles. The number of alkyl halides is 1. The highest BCUT2D eigenvalue weighted by molar-refractivity contribution is 6.44. The second-order valence-electron chi connectivity index (χ2n) is 7.68. The molecule has 1 fully saturated rings. The van der Waals surface area contributed by atoms with Crippen LogP contribution in [0.3, 0.4) is 0 Å². The Balaban J connectivity index is 1.73. The van der Waals surface area contributed by atoms with E-state index >= 15 is 0 Å². The van der Waals surface area contributed by atoms with Gasteiger partial charge in [0, 0.05) is 24.8 Å². The summed E-state index contributed by atoms with van der Waals surface area (Å²) in [5.41, 5.74) is 2.68. The van der Waals surface area contributed by atoms with E-state index in [4.69, 9.17) is 34.8 Å². The molecule has 1 atom stereocenters. The van der Waals surface area contributed by atoms with Crippen molar-refractivity contribution >= 4 is 40.8 Å². The average Bonchev–Trinajstić information content (AvgIpc) is 2.75. The monoisotopic (exact) mass is 469 g/mol. The molecule has 9 heteroatoms. The van der Waals surface area contributed by atoms with E-state index in [1.165, 1.54) is 0 Å². The fourth-order valence-electron chi connectivity index (χ4n) is 3.61. The first kappa shape index (κ1) is 23.1. The third kappa shape index (κ3) is 5.17. The lowest BCUT2D eigenvalue weighted by molar-refractivity contribution is 0.146. The Morgan fingerprint density at radius 3 is 2.63 bits per heavy atom. The highest BCUT2D eigenvalue weighted by atomic mass is 35.5.